The number of quaternary nitrogens is 1. The minimum absolute atomic E-state index is 0.0604. The summed E-state index contributed by atoms with van der Waals surface area (Å²) in [4.78, 5) is 45.3. The highest BCUT2D eigenvalue weighted by Gasteiger charge is 2.25. The first-order chi connectivity index (χ1) is 19.4. The van der Waals surface area contributed by atoms with Crippen LogP contribution >= 0.6 is 7.82 Å². The van der Waals surface area contributed by atoms with Gasteiger partial charge in [-0.2, -0.15) is 0 Å². The molecule has 0 heterocycles. The van der Waals surface area contributed by atoms with Crippen LogP contribution in [0.2, 0.25) is 0 Å². The molecule has 0 saturated heterocycles. The summed E-state index contributed by atoms with van der Waals surface area (Å²) in [7, 11) is 1.59. The van der Waals surface area contributed by atoms with Crippen LogP contribution in [0.25, 0.3) is 0 Å². The molecule has 0 radical (unpaired) electrons. The maximum absolute atomic E-state index is 12.6. The second kappa shape index (κ2) is 24.0. The monoisotopic (exact) mass is 610 g/mol. The van der Waals surface area contributed by atoms with Gasteiger partial charge in [0.15, 0.2) is 6.10 Å². The molecule has 0 spiro atoms. The number of ether oxygens (including phenoxy) is 2. The molecule has 2 unspecified atom stereocenters. The van der Waals surface area contributed by atoms with Crippen molar-refractivity contribution in [2.24, 2.45) is 0 Å². The molecule has 41 heavy (non-hydrogen) atoms. The molecule has 2 N–H and O–H groups in total. The van der Waals surface area contributed by atoms with E-state index < -0.39 is 31.8 Å². The van der Waals surface area contributed by atoms with Crippen LogP contribution in [0, 0.1) is 0 Å². The summed E-state index contributed by atoms with van der Waals surface area (Å²) < 4.78 is 33.0. The predicted molar refractivity (Wildman–Crippen MR) is 157 cm³/mol. The molecule has 0 amide bonds. The zero-order chi connectivity index (χ0) is 31.0. The van der Waals surface area contributed by atoms with Crippen molar-refractivity contribution in [1.82, 2.24) is 0 Å². The first-order valence-electron chi connectivity index (χ1n) is 15.4. The Hall–Kier alpha value is -1.52. The number of unbranched alkanes of at least 4 members (excludes halogenated alkanes) is 11. The molecule has 0 rings (SSSR count). The van der Waals surface area contributed by atoms with Crippen LogP contribution in [0.5, 0.6) is 0 Å². The SMILES string of the molecule is CCCCCCCCCCCCCCC(OC(=O)CCCC(=O)O)C(=O)OCCCOP(=O)(O)OCC[N+](C)(C)C. The Kier molecular flexibility index (Phi) is 23.1. The van der Waals surface area contributed by atoms with Crippen LogP contribution in [-0.2, 0) is 37.5 Å². The Morgan fingerprint density at radius 3 is 1.80 bits per heavy atom. The number of phosphoric ester groups is 1. The number of carboxylic acids is 1. The van der Waals surface area contributed by atoms with E-state index in [1.54, 1.807) is 0 Å². The Morgan fingerprint density at radius 2 is 1.27 bits per heavy atom. The standard InChI is InChI=1S/C29H56NO10P/c1-5-6-7-8-9-10-11-12-13-14-15-16-19-26(40-28(33)21-17-20-27(31)32)29(34)37-23-18-24-38-41(35,36)39-25-22-30(2,3)4/h26H,5-25H2,1-4H3,(H-,31,32,35,36)/p+1. The topological polar surface area (TPSA) is 146 Å². The number of rotatable bonds is 28. The molecule has 242 valence electrons. The normalized spacial score (nSPS) is 13.9. The van der Waals surface area contributed by atoms with E-state index in [2.05, 4.69) is 6.92 Å². The van der Waals surface area contributed by atoms with E-state index in [0.717, 1.165) is 19.3 Å². The smallest absolute Gasteiger partial charge is 0.472 e. The highest BCUT2D eigenvalue weighted by atomic mass is 31.2. The van der Waals surface area contributed by atoms with Crippen molar-refractivity contribution in [1.29, 1.82) is 0 Å². The van der Waals surface area contributed by atoms with Crippen LogP contribution < -0.4 is 0 Å². The number of likely N-dealkylation sites (N-methyl/N-ethyl adjacent to an activating group) is 1. The van der Waals surface area contributed by atoms with Crippen LogP contribution in [0.15, 0.2) is 0 Å². The van der Waals surface area contributed by atoms with Gasteiger partial charge in [-0.3, -0.25) is 18.6 Å². The Morgan fingerprint density at radius 1 is 0.732 bits per heavy atom. The number of nitrogens with zero attached hydrogens (tertiary/aromatic N) is 1. The molecule has 0 aromatic rings. The van der Waals surface area contributed by atoms with Crippen molar-refractivity contribution in [2.45, 2.75) is 122 Å². The average Bonchev–Trinajstić information content (AvgIpc) is 2.87. The fourth-order valence-electron chi connectivity index (χ4n) is 3.97. The van der Waals surface area contributed by atoms with Crippen molar-refractivity contribution >= 4 is 25.7 Å². The minimum atomic E-state index is -4.20. The number of hydrogen-bond donors (Lipinski definition) is 2. The van der Waals surface area contributed by atoms with Crippen molar-refractivity contribution < 1.29 is 52.0 Å². The molecule has 0 aromatic heterocycles. The lowest BCUT2D eigenvalue weighted by Gasteiger charge is -2.24. The number of hydrogen-bond acceptors (Lipinski definition) is 8. The van der Waals surface area contributed by atoms with Crippen LogP contribution in [0.3, 0.4) is 0 Å². The fourth-order valence-corrected chi connectivity index (χ4v) is 4.72. The van der Waals surface area contributed by atoms with Gasteiger partial charge < -0.3 is 24.0 Å². The number of carbonyl (C=O) groups excluding carboxylic acids is 2. The van der Waals surface area contributed by atoms with E-state index >= 15 is 0 Å². The Labute approximate surface area is 247 Å². The number of aliphatic carboxylic acids is 1. The Balaban J connectivity index is 4.39. The van der Waals surface area contributed by atoms with Gasteiger partial charge in [-0.15, -0.1) is 0 Å². The summed E-state index contributed by atoms with van der Waals surface area (Å²) in [6.45, 7) is 2.58. The van der Waals surface area contributed by atoms with Crippen LogP contribution in [0.1, 0.15) is 116 Å². The average molecular weight is 611 g/mol. The molecular weight excluding hydrogens is 553 g/mol. The Bertz CT molecular complexity index is 756. The van der Waals surface area contributed by atoms with Crippen LogP contribution in [0.4, 0.5) is 0 Å². The predicted octanol–water partition coefficient (Wildman–Crippen LogP) is 6.02. The molecule has 0 fully saturated rings. The molecule has 0 aromatic carbocycles. The summed E-state index contributed by atoms with van der Waals surface area (Å²) >= 11 is 0. The third-order valence-corrected chi connectivity index (χ3v) is 7.45. The third-order valence-electron chi connectivity index (χ3n) is 6.43. The quantitative estimate of drug-likeness (QED) is 0.0467. The second-order valence-electron chi connectivity index (χ2n) is 11.6. The van der Waals surface area contributed by atoms with Gasteiger partial charge in [0.25, 0.3) is 0 Å². The van der Waals surface area contributed by atoms with Gasteiger partial charge >= 0.3 is 25.7 Å². The van der Waals surface area contributed by atoms with Gasteiger partial charge in [0.2, 0.25) is 0 Å². The van der Waals surface area contributed by atoms with E-state index in [0.29, 0.717) is 23.9 Å². The fraction of sp³-hybridized carbons (Fsp3) is 0.897. The molecule has 2 atom stereocenters. The van der Waals surface area contributed by atoms with Crippen molar-refractivity contribution in [3.8, 4) is 0 Å². The van der Waals surface area contributed by atoms with Crippen molar-refractivity contribution in [3.63, 3.8) is 0 Å². The zero-order valence-corrected chi connectivity index (χ0v) is 26.9. The number of phosphoric acid groups is 1. The first kappa shape index (κ1) is 39.5. The summed E-state index contributed by atoms with van der Waals surface area (Å²) in [5.41, 5.74) is 0. The van der Waals surface area contributed by atoms with E-state index in [-0.39, 0.29) is 45.5 Å². The molecular formula is C29H57NO10P+. The largest absolute Gasteiger partial charge is 0.481 e. The molecule has 0 aliphatic carbocycles. The maximum atomic E-state index is 12.6. The summed E-state index contributed by atoms with van der Waals surface area (Å²) in [6.07, 6.45) is 13.3. The molecule has 12 heteroatoms. The van der Waals surface area contributed by atoms with Gasteiger partial charge in [-0.1, -0.05) is 77.6 Å². The van der Waals surface area contributed by atoms with Gasteiger partial charge in [0.1, 0.15) is 13.2 Å². The lowest BCUT2D eigenvalue weighted by Crippen LogP contribution is -2.37. The molecule has 0 saturated carbocycles. The zero-order valence-electron chi connectivity index (χ0n) is 26.0. The molecule has 0 aliphatic rings. The summed E-state index contributed by atoms with van der Waals surface area (Å²) in [5.74, 6) is -2.33. The second-order valence-corrected chi connectivity index (χ2v) is 13.0. The van der Waals surface area contributed by atoms with Gasteiger partial charge in [0.05, 0.1) is 34.4 Å². The van der Waals surface area contributed by atoms with Gasteiger partial charge in [-0.25, -0.2) is 9.36 Å². The van der Waals surface area contributed by atoms with E-state index in [4.69, 9.17) is 23.6 Å². The first-order valence-corrected chi connectivity index (χ1v) is 16.9. The molecule has 0 bridgehead atoms. The van der Waals surface area contributed by atoms with E-state index in [9.17, 15) is 23.8 Å². The molecule has 11 nitrogen and oxygen atoms in total. The highest BCUT2D eigenvalue weighted by Crippen LogP contribution is 2.43. The summed E-state index contributed by atoms with van der Waals surface area (Å²) in [6, 6.07) is 0. The van der Waals surface area contributed by atoms with Crippen LogP contribution in [-0.4, -0.2) is 86.0 Å². The third kappa shape index (κ3) is 27.1. The molecule has 0 aliphatic heterocycles. The summed E-state index contributed by atoms with van der Waals surface area (Å²) in [5, 5.41) is 8.76. The van der Waals surface area contributed by atoms with E-state index in [1.165, 1.54) is 51.4 Å². The van der Waals surface area contributed by atoms with Gasteiger partial charge in [-0.05, 0) is 19.3 Å². The highest BCUT2D eigenvalue weighted by molar-refractivity contribution is 7.47. The van der Waals surface area contributed by atoms with E-state index in [1.807, 2.05) is 21.1 Å². The van der Waals surface area contributed by atoms with Crippen molar-refractivity contribution in [3.05, 3.63) is 0 Å². The lowest BCUT2D eigenvalue weighted by atomic mass is 10.0. The van der Waals surface area contributed by atoms with Gasteiger partial charge in [0, 0.05) is 19.3 Å². The number of carboxylic acid groups (broad SMARTS) is 1. The lowest BCUT2D eigenvalue weighted by molar-refractivity contribution is -0.870. The minimum Gasteiger partial charge on any atom is -0.481 e. The number of esters is 2. The van der Waals surface area contributed by atoms with Crippen molar-refractivity contribution in [2.75, 3.05) is 47.5 Å². The maximum Gasteiger partial charge on any atom is 0.472 e. The number of carbonyl (C=O) groups is 3.